The van der Waals surface area contributed by atoms with E-state index in [1.807, 2.05) is 24.3 Å². The number of hydrogen-bond donors (Lipinski definition) is 1. The molecule has 0 aliphatic carbocycles. The fourth-order valence-corrected chi connectivity index (χ4v) is 3.58. The molecule has 0 amide bonds. The molecule has 28 heavy (non-hydrogen) atoms. The van der Waals surface area contributed by atoms with Crippen molar-refractivity contribution in [2.45, 2.75) is 0 Å². The van der Waals surface area contributed by atoms with E-state index in [0.29, 0.717) is 13.4 Å². The summed E-state index contributed by atoms with van der Waals surface area (Å²) >= 11 is 0. The number of benzene rings is 4. The average molecular weight is 363 g/mol. The summed E-state index contributed by atoms with van der Waals surface area (Å²) in [6.45, 7) is 0. The van der Waals surface area contributed by atoms with Crippen LogP contribution in [-0.2, 0) is 0 Å². The fourth-order valence-electron chi connectivity index (χ4n) is 3.58. The molecule has 1 heterocycles. The number of hydrogen-bond acceptors (Lipinski definition) is 3. The third-order valence-corrected chi connectivity index (χ3v) is 4.93. The van der Waals surface area contributed by atoms with Crippen molar-refractivity contribution in [3.05, 3.63) is 91.0 Å². The van der Waals surface area contributed by atoms with Crippen molar-refractivity contribution in [1.82, 2.24) is 0 Å². The molecular formula is C24H16BO3. The van der Waals surface area contributed by atoms with E-state index in [1.165, 1.54) is 11.1 Å². The molecule has 5 rings (SSSR count). The van der Waals surface area contributed by atoms with Gasteiger partial charge in [0.25, 0.3) is 0 Å². The molecule has 0 fully saturated rings. The van der Waals surface area contributed by atoms with Crippen LogP contribution in [0.5, 0.6) is 5.75 Å². The van der Waals surface area contributed by atoms with Gasteiger partial charge in [0, 0.05) is 10.8 Å². The summed E-state index contributed by atoms with van der Waals surface area (Å²) in [6.07, 6.45) is 0. The molecule has 3 nitrogen and oxygen atoms in total. The van der Waals surface area contributed by atoms with Crippen LogP contribution in [0.15, 0.2) is 95.4 Å². The molecule has 5 aromatic rings. The summed E-state index contributed by atoms with van der Waals surface area (Å²) in [6, 6.07) is 30.6. The van der Waals surface area contributed by atoms with Gasteiger partial charge in [-0.2, -0.15) is 0 Å². The maximum Gasteiger partial charge on any atom is 0.569 e. The Hall–Kier alpha value is -3.50. The highest BCUT2D eigenvalue weighted by atomic mass is 16.5. The van der Waals surface area contributed by atoms with E-state index in [2.05, 4.69) is 60.7 Å². The van der Waals surface area contributed by atoms with E-state index < -0.39 is 0 Å². The zero-order valence-electron chi connectivity index (χ0n) is 15.0. The van der Waals surface area contributed by atoms with Crippen LogP contribution in [0.1, 0.15) is 0 Å². The maximum atomic E-state index is 8.90. The van der Waals surface area contributed by atoms with Crippen LogP contribution in [0.25, 0.3) is 44.2 Å². The van der Waals surface area contributed by atoms with Gasteiger partial charge in [0.05, 0.1) is 0 Å². The molecule has 133 valence electrons. The minimum Gasteiger partial charge on any atom is -0.537 e. The van der Waals surface area contributed by atoms with Crippen molar-refractivity contribution in [3.8, 4) is 28.0 Å². The topological polar surface area (TPSA) is 42.6 Å². The van der Waals surface area contributed by atoms with Gasteiger partial charge in [0.15, 0.2) is 0 Å². The lowest BCUT2D eigenvalue weighted by molar-refractivity contribution is 0.454. The summed E-state index contributed by atoms with van der Waals surface area (Å²) in [7, 11) is 0.684. The Morgan fingerprint density at radius 1 is 0.607 bits per heavy atom. The van der Waals surface area contributed by atoms with Crippen molar-refractivity contribution in [2.75, 3.05) is 0 Å². The highest BCUT2D eigenvalue weighted by Crippen LogP contribution is 2.35. The summed E-state index contributed by atoms with van der Waals surface area (Å²) in [4.78, 5) is 0. The number of fused-ring (bicyclic) bond motifs is 3. The van der Waals surface area contributed by atoms with Crippen LogP contribution in [0.2, 0.25) is 0 Å². The van der Waals surface area contributed by atoms with Crippen molar-refractivity contribution in [2.24, 2.45) is 0 Å². The van der Waals surface area contributed by atoms with E-state index in [-0.39, 0.29) is 0 Å². The van der Waals surface area contributed by atoms with Gasteiger partial charge in [-0.15, -0.1) is 0 Å². The Balaban J connectivity index is 1.63. The minimum absolute atomic E-state index is 0.564. The SMILES string of the molecule is O[B]Oc1ccc2oc3ccc(-c4cccc(-c5ccccc5)c4)cc3c2c1. The molecule has 0 spiro atoms. The average Bonchev–Trinajstić information content (AvgIpc) is 3.12. The summed E-state index contributed by atoms with van der Waals surface area (Å²) < 4.78 is 11.0. The van der Waals surface area contributed by atoms with Gasteiger partial charge < -0.3 is 14.1 Å². The molecule has 1 N–H and O–H groups in total. The molecule has 0 atom stereocenters. The zero-order valence-corrected chi connectivity index (χ0v) is 15.0. The normalized spacial score (nSPS) is 11.0. The highest BCUT2D eigenvalue weighted by molar-refractivity contribution is 6.17. The molecule has 4 heteroatoms. The molecule has 4 aromatic carbocycles. The Labute approximate surface area is 163 Å². The van der Waals surface area contributed by atoms with E-state index in [4.69, 9.17) is 14.1 Å². The molecule has 0 bridgehead atoms. The second-order valence-corrected chi connectivity index (χ2v) is 6.64. The van der Waals surface area contributed by atoms with Gasteiger partial charge in [0.2, 0.25) is 0 Å². The first-order chi connectivity index (χ1) is 13.8. The Bertz CT molecular complexity index is 1280. The van der Waals surface area contributed by atoms with Crippen molar-refractivity contribution in [1.29, 1.82) is 0 Å². The molecule has 0 saturated carbocycles. The quantitative estimate of drug-likeness (QED) is 0.409. The van der Waals surface area contributed by atoms with Crippen molar-refractivity contribution >= 4 is 29.6 Å². The van der Waals surface area contributed by atoms with Crippen LogP contribution in [-0.4, -0.2) is 12.7 Å². The largest absolute Gasteiger partial charge is 0.569 e. The monoisotopic (exact) mass is 363 g/mol. The third kappa shape index (κ3) is 2.94. The van der Waals surface area contributed by atoms with E-state index in [9.17, 15) is 0 Å². The maximum absolute atomic E-state index is 8.90. The van der Waals surface area contributed by atoms with Gasteiger partial charge in [-0.1, -0.05) is 54.6 Å². The second-order valence-electron chi connectivity index (χ2n) is 6.64. The van der Waals surface area contributed by atoms with Gasteiger partial charge in [0.1, 0.15) is 16.9 Å². The highest BCUT2D eigenvalue weighted by Gasteiger charge is 2.10. The van der Waals surface area contributed by atoms with Crippen LogP contribution < -0.4 is 4.65 Å². The van der Waals surface area contributed by atoms with Gasteiger partial charge in [-0.05, 0) is 58.7 Å². The first kappa shape index (κ1) is 16.7. The standard InChI is InChI=1S/C24H16BO3/c26-25-28-20-10-12-24-22(15-20)21-14-19(9-11-23(21)27-24)18-8-4-7-17(13-18)16-5-2-1-3-6-16/h1-15,26H. The van der Waals surface area contributed by atoms with Crippen LogP contribution in [0.4, 0.5) is 0 Å². The molecule has 0 aliphatic heterocycles. The number of furan rings is 1. The molecule has 0 aliphatic rings. The van der Waals surface area contributed by atoms with Gasteiger partial charge in [-0.25, -0.2) is 0 Å². The first-order valence-electron chi connectivity index (χ1n) is 9.06. The minimum atomic E-state index is 0.564. The van der Waals surface area contributed by atoms with E-state index in [1.54, 1.807) is 6.07 Å². The fraction of sp³-hybridized carbons (Fsp3) is 0. The van der Waals surface area contributed by atoms with Crippen molar-refractivity contribution < 1.29 is 14.1 Å². The Kier molecular flexibility index (Phi) is 4.11. The Morgan fingerprint density at radius 3 is 2.04 bits per heavy atom. The third-order valence-electron chi connectivity index (χ3n) is 4.93. The zero-order chi connectivity index (χ0) is 18.9. The lowest BCUT2D eigenvalue weighted by Gasteiger charge is -2.06. The molecule has 0 saturated heterocycles. The predicted octanol–water partition coefficient (Wildman–Crippen LogP) is 5.83. The lowest BCUT2D eigenvalue weighted by Crippen LogP contribution is -1.98. The second kappa shape index (κ2) is 6.91. The molecular weight excluding hydrogens is 347 g/mol. The van der Waals surface area contributed by atoms with Crippen LogP contribution in [0, 0.1) is 0 Å². The predicted molar refractivity (Wildman–Crippen MR) is 113 cm³/mol. The Morgan fingerprint density at radius 2 is 1.25 bits per heavy atom. The smallest absolute Gasteiger partial charge is 0.537 e. The van der Waals surface area contributed by atoms with E-state index >= 15 is 0 Å². The number of rotatable bonds is 4. The van der Waals surface area contributed by atoms with E-state index in [0.717, 1.165) is 33.1 Å². The van der Waals surface area contributed by atoms with Gasteiger partial charge in [-0.3, -0.25) is 0 Å². The van der Waals surface area contributed by atoms with Crippen LogP contribution in [0.3, 0.4) is 0 Å². The summed E-state index contributed by atoms with van der Waals surface area (Å²) in [5.74, 6) is 0.564. The summed E-state index contributed by atoms with van der Waals surface area (Å²) in [5, 5.41) is 10.9. The molecule has 1 radical (unpaired) electrons. The lowest BCUT2D eigenvalue weighted by atomic mass is 9.98. The van der Waals surface area contributed by atoms with Crippen LogP contribution >= 0.6 is 0 Å². The van der Waals surface area contributed by atoms with Gasteiger partial charge >= 0.3 is 7.69 Å². The molecule has 1 aromatic heterocycles. The summed E-state index contributed by atoms with van der Waals surface area (Å²) in [5.41, 5.74) is 6.26. The first-order valence-corrected chi connectivity index (χ1v) is 9.06. The molecule has 0 unspecified atom stereocenters. The van der Waals surface area contributed by atoms with Crippen molar-refractivity contribution in [3.63, 3.8) is 0 Å².